The highest BCUT2D eigenvalue weighted by molar-refractivity contribution is 6.39. The normalized spacial score (nSPS) is 16.4. The lowest BCUT2D eigenvalue weighted by Crippen LogP contribution is -2.06. The summed E-state index contributed by atoms with van der Waals surface area (Å²) in [5, 5.41) is 14.5. The van der Waals surface area contributed by atoms with Gasteiger partial charge in [0.2, 0.25) is 0 Å². The van der Waals surface area contributed by atoms with Gasteiger partial charge in [-0.05, 0) is 12.1 Å². The molecule has 19 heavy (non-hydrogen) atoms. The number of hydrogen-bond acceptors (Lipinski definition) is 5. The van der Waals surface area contributed by atoms with Crippen LogP contribution in [0.3, 0.4) is 0 Å². The van der Waals surface area contributed by atoms with Crippen LogP contribution >= 0.6 is 23.2 Å². The summed E-state index contributed by atoms with van der Waals surface area (Å²) in [6.07, 6.45) is 1.37. The van der Waals surface area contributed by atoms with E-state index in [0.717, 1.165) is 0 Å². The van der Waals surface area contributed by atoms with Gasteiger partial charge in [0.15, 0.2) is 0 Å². The van der Waals surface area contributed by atoms with Crippen molar-refractivity contribution >= 4 is 46.6 Å². The Kier molecular flexibility index (Phi) is 3.82. The number of rotatable bonds is 3. The van der Waals surface area contributed by atoms with E-state index in [1.807, 2.05) is 0 Å². The molecule has 0 atom stereocenters. The summed E-state index contributed by atoms with van der Waals surface area (Å²) in [5.74, 6) is -0.678. The number of nitro groups is 1. The van der Waals surface area contributed by atoms with Crippen molar-refractivity contribution in [3.63, 3.8) is 0 Å². The minimum atomic E-state index is -0.668. The Morgan fingerprint density at radius 3 is 2.84 bits per heavy atom. The first-order valence-electron chi connectivity index (χ1n) is 5.03. The number of nitrogens with zero attached hydrogens (tertiary/aromatic N) is 2. The molecule has 0 saturated carbocycles. The number of non-ortho nitro benzene ring substituents is 1. The Balaban J connectivity index is 2.47. The van der Waals surface area contributed by atoms with E-state index < -0.39 is 10.9 Å². The zero-order chi connectivity index (χ0) is 14.0. The molecule has 0 N–H and O–H groups in total. The average Bonchev–Trinajstić information content (AvgIpc) is 2.73. The molecule has 0 spiro atoms. The van der Waals surface area contributed by atoms with E-state index in [0.29, 0.717) is 5.56 Å². The second-order valence-corrected chi connectivity index (χ2v) is 4.25. The van der Waals surface area contributed by atoms with Crippen LogP contribution in [0.4, 0.5) is 5.69 Å². The second-order valence-electron chi connectivity index (χ2n) is 3.57. The fourth-order valence-corrected chi connectivity index (χ4v) is 1.83. The summed E-state index contributed by atoms with van der Waals surface area (Å²) in [7, 11) is 0. The lowest BCUT2D eigenvalue weighted by Gasteiger charge is -2.00. The molecule has 1 aromatic rings. The predicted molar refractivity (Wildman–Crippen MR) is 70.3 cm³/mol. The van der Waals surface area contributed by atoms with E-state index in [2.05, 4.69) is 9.99 Å². The molecule has 0 saturated heterocycles. The molecular weight excluding hydrogens is 295 g/mol. The van der Waals surface area contributed by atoms with Crippen LogP contribution in [0, 0.1) is 10.1 Å². The van der Waals surface area contributed by atoms with Gasteiger partial charge in [-0.3, -0.25) is 10.1 Å². The van der Waals surface area contributed by atoms with E-state index >= 15 is 0 Å². The average molecular weight is 301 g/mol. The molecule has 0 amide bonds. The maximum atomic E-state index is 11.4. The van der Waals surface area contributed by atoms with Gasteiger partial charge in [0.1, 0.15) is 5.71 Å². The summed E-state index contributed by atoms with van der Waals surface area (Å²) in [5.41, 5.74) is 0.584. The van der Waals surface area contributed by atoms with Gasteiger partial charge in [-0.25, -0.2) is 4.79 Å². The molecule has 2 rings (SSSR count). The van der Waals surface area contributed by atoms with Crippen LogP contribution in [-0.2, 0) is 9.63 Å². The predicted octanol–water partition coefficient (Wildman–Crippen LogP) is 2.78. The third-order valence-corrected chi connectivity index (χ3v) is 2.98. The monoisotopic (exact) mass is 300 g/mol. The second kappa shape index (κ2) is 5.38. The van der Waals surface area contributed by atoms with Crippen molar-refractivity contribution in [3.05, 3.63) is 44.5 Å². The first kappa shape index (κ1) is 13.5. The van der Waals surface area contributed by atoms with E-state index in [1.165, 1.54) is 24.3 Å². The molecule has 1 aromatic carbocycles. The molecule has 0 radical (unpaired) electrons. The molecule has 0 bridgehead atoms. The molecule has 0 unspecified atom stereocenters. The van der Waals surface area contributed by atoms with Crippen molar-refractivity contribution in [2.45, 2.75) is 0 Å². The maximum absolute atomic E-state index is 11.4. The molecule has 6 nitrogen and oxygen atoms in total. The SMILES string of the molecule is O=C1ON=C(CCl)/C1=C\c1cc([N+](=O)[O-])ccc1Cl. The number of hydrogen-bond donors (Lipinski definition) is 0. The largest absolute Gasteiger partial charge is 0.367 e. The number of nitro benzene ring substituents is 1. The highest BCUT2D eigenvalue weighted by Gasteiger charge is 2.25. The summed E-state index contributed by atoms with van der Waals surface area (Å²) in [6, 6.07) is 3.91. The minimum absolute atomic E-state index is 0.00980. The summed E-state index contributed by atoms with van der Waals surface area (Å²) >= 11 is 11.5. The van der Waals surface area contributed by atoms with E-state index in [9.17, 15) is 14.9 Å². The smallest absolute Gasteiger partial charge is 0.312 e. The minimum Gasteiger partial charge on any atom is -0.312 e. The Bertz CT molecular complexity index is 625. The molecule has 0 aliphatic carbocycles. The van der Waals surface area contributed by atoms with E-state index in [4.69, 9.17) is 23.2 Å². The zero-order valence-electron chi connectivity index (χ0n) is 9.30. The first-order chi connectivity index (χ1) is 9.02. The Morgan fingerprint density at radius 1 is 1.47 bits per heavy atom. The Morgan fingerprint density at radius 2 is 2.21 bits per heavy atom. The summed E-state index contributed by atoms with van der Waals surface area (Å²) < 4.78 is 0. The lowest BCUT2D eigenvalue weighted by molar-refractivity contribution is -0.384. The Hall–Kier alpha value is -1.92. The third kappa shape index (κ3) is 2.74. The van der Waals surface area contributed by atoms with Crippen molar-refractivity contribution in [2.75, 3.05) is 5.88 Å². The van der Waals surface area contributed by atoms with Gasteiger partial charge < -0.3 is 4.84 Å². The summed E-state index contributed by atoms with van der Waals surface area (Å²) in [6.45, 7) is 0. The number of alkyl halides is 1. The summed E-state index contributed by atoms with van der Waals surface area (Å²) in [4.78, 5) is 26.1. The number of oxime groups is 1. The van der Waals surface area contributed by atoms with Gasteiger partial charge in [0.05, 0.1) is 16.4 Å². The molecule has 0 aromatic heterocycles. The number of benzene rings is 1. The van der Waals surface area contributed by atoms with Crippen molar-refractivity contribution in [1.82, 2.24) is 0 Å². The molecule has 1 aliphatic rings. The van der Waals surface area contributed by atoms with Gasteiger partial charge >= 0.3 is 5.97 Å². The molecule has 8 heteroatoms. The first-order valence-corrected chi connectivity index (χ1v) is 5.94. The van der Waals surface area contributed by atoms with E-state index in [1.54, 1.807) is 0 Å². The fraction of sp³-hybridized carbons (Fsp3) is 0.0909. The van der Waals surface area contributed by atoms with Gasteiger partial charge in [0, 0.05) is 22.7 Å². The van der Waals surface area contributed by atoms with Gasteiger partial charge in [-0.15, -0.1) is 11.6 Å². The van der Waals surface area contributed by atoms with Gasteiger partial charge in [0.25, 0.3) is 5.69 Å². The number of carbonyl (C=O) groups excluding carboxylic acids is 1. The van der Waals surface area contributed by atoms with Crippen LogP contribution in [0.25, 0.3) is 6.08 Å². The molecule has 1 heterocycles. The quantitative estimate of drug-likeness (QED) is 0.282. The number of halogens is 2. The van der Waals surface area contributed by atoms with E-state index in [-0.39, 0.29) is 27.9 Å². The van der Waals surface area contributed by atoms with Crippen molar-refractivity contribution < 1.29 is 14.6 Å². The highest BCUT2D eigenvalue weighted by Crippen LogP contribution is 2.26. The van der Waals surface area contributed by atoms with Crippen LogP contribution in [0.1, 0.15) is 5.56 Å². The highest BCUT2D eigenvalue weighted by atomic mass is 35.5. The fourth-order valence-electron chi connectivity index (χ4n) is 1.46. The molecular formula is C11H6Cl2N2O4. The van der Waals surface area contributed by atoms with Crippen molar-refractivity contribution in [2.24, 2.45) is 5.16 Å². The standard InChI is InChI=1S/C11H6Cl2N2O4/c12-5-10-8(11(16)19-14-10)4-6-3-7(15(17)18)1-2-9(6)13/h1-4H,5H2/b8-4+. The van der Waals surface area contributed by atoms with Crippen LogP contribution in [0.15, 0.2) is 28.9 Å². The van der Waals surface area contributed by atoms with Gasteiger partial charge in [-0.1, -0.05) is 16.8 Å². The lowest BCUT2D eigenvalue weighted by atomic mass is 10.1. The molecule has 0 fully saturated rings. The van der Waals surface area contributed by atoms with Crippen molar-refractivity contribution in [1.29, 1.82) is 0 Å². The number of carbonyl (C=O) groups is 1. The van der Waals surface area contributed by atoms with Crippen molar-refractivity contribution in [3.8, 4) is 0 Å². The van der Waals surface area contributed by atoms with Crippen LogP contribution in [-0.4, -0.2) is 22.5 Å². The van der Waals surface area contributed by atoms with Crippen LogP contribution in [0.2, 0.25) is 5.02 Å². The molecule has 1 aliphatic heterocycles. The van der Waals surface area contributed by atoms with Gasteiger partial charge in [-0.2, -0.15) is 0 Å². The maximum Gasteiger partial charge on any atom is 0.367 e. The van der Waals surface area contributed by atoms with Crippen LogP contribution in [0.5, 0.6) is 0 Å². The topological polar surface area (TPSA) is 81.8 Å². The third-order valence-electron chi connectivity index (χ3n) is 2.39. The molecule has 98 valence electrons. The van der Waals surface area contributed by atoms with Crippen LogP contribution < -0.4 is 0 Å². The zero-order valence-corrected chi connectivity index (χ0v) is 10.8. The Labute approximate surface area is 117 Å².